The van der Waals surface area contributed by atoms with Gasteiger partial charge in [0.05, 0.1) is 11.6 Å². The third-order valence-corrected chi connectivity index (χ3v) is 3.32. The van der Waals surface area contributed by atoms with Gasteiger partial charge in [-0.15, -0.1) is 24.0 Å². The molecular weight excluding hydrogens is 387 g/mol. The fourth-order valence-corrected chi connectivity index (χ4v) is 2.27. The minimum atomic E-state index is 0. The van der Waals surface area contributed by atoms with E-state index in [2.05, 4.69) is 22.1 Å². The first-order valence-corrected chi connectivity index (χ1v) is 7.18. The summed E-state index contributed by atoms with van der Waals surface area (Å²) in [4.78, 5) is 6.42. The Labute approximate surface area is 144 Å². The van der Waals surface area contributed by atoms with Crippen molar-refractivity contribution in [1.82, 2.24) is 14.8 Å². The van der Waals surface area contributed by atoms with Gasteiger partial charge in [0.25, 0.3) is 0 Å². The highest BCUT2D eigenvalue weighted by Gasteiger charge is 2.09. The fraction of sp³-hybridized carbons (Fsp3) is 0.643. The smallest absolute Gasteiger partial charge is 0.193 e. The van der Waals surface area contributed by atoms with Crippen molar-refractivity contribution in [3.8, 4) is 0 Å². The molecule has 0 saturated carbocycles. The van der Waals surface area contributed by atoms with Gasteiger partial charge in [0.1, 0.15) is 0 Å². The molecule has 0 radical (unpaired) electrons. The molecule has 1 rings (SSSR count). The summed E-state index contributed by atoms with van der Waals surface area (Å²) >= 11 is 6.00. The molecule has 1 aromatic rings. The summed E-state index contributed by atoms with van der Waals surface area (Å²) in [6.45, 7) is 3.97. The van der Waals surface area contributed by atoms with E-state index >= 15 is 0 Å². The van der Waals surface area contributed by atoms with Crippen LogP contribution in [0.1, 0.15) is 31.9 Å². The van der Waals surface area contributed by atoms with Crippen molar-refractivity contribution < 1.29 is 0 Å². The van der Waals surface area contributed by atoms with Crippen LogP contribution in [-0.4, -0.2) is 36.1 Å². The summed E-state index contributed by atoms with van der Waals surface area (Å²) in [5.41, 5.74) is 1.17. The van der Waals surface area contributed by atoms with Crippen LogP contribution in [0.4, 0.5) is 0 Å². The number of hydrogen-bond acceptors (Lipinski definition) is 1. The zero-order valence-electron chi connectivity index (χ0n) is 12.8. The number of halogens is 2. The lowest BCUT2D eigenvalue weighted by Gasteiger charge is -2.22. The number of unbranched alkanes of at least 4 members (excludes halogenated alkanes) is 2. The van der Waals surface area contributed by atoms with E-state index in [4.69, 9.17) is 11.6 Å². The van der Waals surface area contributed by atoms with Gasteiger partial charge in [-0.05, 0) is 12.5 Å². The standard InChI is InChI=1S/C14H25ClN4.HI/c1-5-6-7-8-17-14(16-2)19(4)11-13-9-12(15)10-18(13)3;/h9-10H,5-8,11H2,1-4H3,(H,16,17);1H. The molecule has 116 valence electrons. The maximum atomic E-state index is 6.00. The Hall–Kier alpha value is -0.430. The number of aryl methyl sites for hydroxylation is 1. The van der Waals surface area contributed by atoms with Crippen LogP contribution in [0.25, 0.3) is 0 Å². The fourth-order valence-electron chi connectivity index (χ4n) is 2.00. The van der Waals surface area contributed by atoms with Crippen LogP contribution in [0.15, 0.2) is 17.3 Å². The Kier molecular flexibility index (Phi) is 10.1. The van der Waals surface area contributed by atoms with Crippen molar-refractivity contribution in [2.45, 2.75) is 32.7 Å². The van der Waals surface area contributed by atoms with Gasteiger partial charge < -0.3 is 14.8 Å². The maximum Gasteiger partial charge on any atom is 0.193 e. The van der Waals surface area contributed by atoms with Crippen LogP contribution < -0.4 is 5.32 Å². The minimum Gasteiger partial charge on any atom is -0.356 e. The first-order chi connectivity index (χ1) is 9.08. The van der Waals surface area contributed by atoms with Gasteiger partial charge in [-0.2, -0.15) is 0 Å². The van der Waals surface area contributed by atoms with E-state index in [0.717, 1.165) is 24.1 Å². The molecule has 1 heterocycles. The molecule has 0 aliphatic heterocycles. The summed E-state index contributed by atoms with van der Waals surface area (Å²) in [5, 5.41) is 4.16. The van der Waals surface area contributed by atoms with Crippen molar-refractivity contribution >= 4 is 41.5 Å². The third-order valence-electron chi connectivity index (χ3n) is 3.11. The molecule has 20 heavy (non-hydrogen) atoms. The van der Waals surface area contributed by atoms with Gasteiger partial charge in [-0.1, -0.05) is 31.4 Å². The first-order valence-electron chi connectivity index (χ1n) is 6.81. The normalized spacial score (nSPS) is 11.2. The topological polar surface area (TPSA) is 32.6 Å². The maximum absolute atomic E-state index is 6.00. The van der Waals surface area contributed by atoms with Gasteiger partial charge in [0, 0.05) is 39.6 Å². The van der Waals surface area contributed by atoms with Gasteiger partial charge in [0.2, 0.25) is 0 Å². The highest BCUT2D eigenvalue weighted by atomic mass is 127. The molecule has 0 aliphatic carbocycles. The van der Waals surface area contributed by atoms with Gasteiger partial charge >= 0.3 is 0 Å². The molecule has 1 N–H and O–H groups in total. The van der Waals surface area contributed by atoms with E-state index < -0.39 is 0 Å². The summed E-state index contributed by atoms with van der Waals surface area (Å²) in [6.07, 6.45) is 5.58. The molecule has 0 atom stereocenters. The van der Waals surface area contributed by atoms with Crippen molar-refractivity contribution in [1.29, 1.82) is 0 Å². The Morgan fingerprint density at radius 1 is 1.45 bits per heavy atom. The second kappa shape index (κ2) is 10.3. The monoisotopic (exact) mass is 412 g/mol. The van der Waals surface area contributed by atoms with E-state index in [-0.39, 0.29) is 24.0 Å². The molecule has 0 unspecified atom stereocenters. The van der Waals surface area contributed by atoms with Crippen LogP contribution in [-0.2, 0) is 13.6 Å². The average Bonchev–Trinajstić information content (AvgIpc) is 2.68. The number of nitrogens with one attached hydrogen (secondary N) is 1. The lowest BCUT2D eigenvalue weighted by Crippen LogP contribution is -2.39. The molecule has 0 aromatic carbocycles. The minimum absolute atomic E-state index is 0. The molecule has 1 aromatic heterocycles. The van der Waals surface area contributed by atoms with Gasteiger partial charge in [0.15, 0.2) is 5.96 Å². The van der Waals surface area contributed by atoms with Gasteiger partial charge in [-0.25, -0.2) is 0 Å². The largest absolute Gasteiger partial charge is 0.356 e. The first kappa shape index (κ1) is 19.6. The summed E-state index contributed by atoms with van der Waals surface area (Å²) in [7, 11) is 5.86. The molecule has 4 nitrogen and oxygen atoms in total. The average molecular weight is 413 g/mol. The molecule has 0 spiro atoms. The third kappa shape index (κ3) is 6.35. The van der Waals surface area contributed by atoms with Crippen molar-refractivity contribution in [2.75, 3.05) is 20.6 Å². The highest BCUT2D eigenvalue weighted by Crippen LogP contribution is 2.14. The quantitative estimate of drug-likeness (QED) is 0.336. The van der Waals surface area contributed by atoms with E-state index in [1.165, 1.54) is 25.0 Å². The number of rotatable bonds is 6. The molecule has 0 fully saturated rings. The summed E-state index contributed by atoms with van der Waals surface area (Å²) in [6, 6.07) is 1.99. The predicted octanol–water partition coefficient (Wildman–Crippen LogP) is 3.49. The Morgan fingerprint density at radius 2 is 2.15 bits per heavy atom. The van der Waals surface area contributed by atoms with Gasteiger partial charge in [-0.3, -0.25) is 4.99 Å². The van der Waals surface area contributed by atoms with Crippen molar-refractivity contribution in [3.05, 3.63) is 23.0 Å². The van der Waals surface area contributed by atoms with Crippen molar-refractivity contribution in [2.24, 2.45) is 12.0 Å². The number of hydrogen-bond donors (Lipinski definition) is 1. The summed E-state index contributed by atoms with van der Waals surface area (Å²) in [5.74, 6) is 0.924. The molecule has 0 aliphatic rings. The summed E-state index contributed by atoms with van der Waals surface area (Å²) < 4.78 is 2.04. The number of aliphatic imine (C=N–C) groups is 1. The number of guanidine groups is 1. The zero-order chi connectivity index (χ0) is 14.3. The second-order valence-electron chi connectivity index (χ2n) is 4.80. The molecule has 6 heteroatoms. The lowest BCUT2D eigenvalue weighted by atomic mass is 10.2. The predicted molar refractivity (Wildman–Crippen MR) is 98.2 cm³/mol. The second-order valence-corrected chi connectivity index (χ2v) is 5.23. The van der Waals surface area contributed by atoms with E-state index in [9.17, 15) is 0 Å². The molecular formula is C14H26ClIN4. The zero-order valence-corrected chi connectivity index (χ0v) is 15.9. The van der Waals surface area contributed by atoms with E-state index in [1.807, 2.05) is 38.0 Å². The number of aromatic nitrogens is 1. The Morgan fingerprint density at radius 3 is 2.65 bits per heavy atom. The Balaban J connectivity index is 0.00000361. The van der Waals surface area contributed by atoms with Crippen LogP contribution in [0, 0.1) is 0 Å². The van der Waals surface area contributed by atoms with E-state index in [1.54, 1.807) is 0 Å². The Bertz CT molecular complexity index is 417. The SMILES string of the molecule is CCCCCNC(=NC)N(C)Cc1cc(Cl)cn1C.I. The lowest BCUT2D eigenvalue weighted by molar-refractivity contribution is 0.460. The van der Waals surface area contributed by atoms with Crippen LogP contribution >= 0.6 is 35.6 Å². The van der Waals surface area contributed by atoms with E-state index in [0.29, 0.717) is 0 Å². The van der Waals surface area contributed by atoms with Crippen LogP contribution in [0.2, 0.25) is 5.02 Å². The molecule has 0 bridgehead atoms. The number of nitrogens with zero attached hydrogens (tertiary/aromatic N) is 3. The van der Waals surface area contributed by atoms with Crippen LogP contribution in [0.5, 0.6) is 0 Å². The highest BCUT2D eigenvalue weighted by molar-refractivity contribution is 14.0. The molecule has 0 saturated heterocycles. The molecule has 0 amide bonds. The van der Waals surface area contributed by atoms with Crippen molar-refractivity contribution in [3.63, 3.8) is 0 Å². The van der Waals surface area contributed by atoms with Crippen LogP contribution in [0.3, 0.4) is 0 Å².